The van der Waals surface area contributed by atoms with E-state index >= 15 is 0 Å². The number of aliphatic imine (C=N–C) groups is 1. The number of benzene rings is 1. The smallest absolute Gasteiger partial charge is 0.147 e. The van der Waals surface area contributed by atoms with Crippen molar-refractivity contribution in [1.29, 1.82) is 0 Å². The second-order valence-electron chi connectivity index (χ2n) is 7.94. The quantitative estimate of drug-likeness (QED) is 0.453. The van der Waals surface area contributed by atoms with Gasteiger partial charge in [-0.1, -0.05) is 6.92 Å². The van der Waals surface area contributed by atoms with Gasteiger partial charge in [0, 0.05) is 36.9 Å². The van der Waals surface area contributed by atoms with Crippen LogP contribution in [0, 0.1) is 18.2 Å². The monoisotopic (exact) mass is 376 g/mol. The van der Waals surface area contributed by atoms with Gasteiger partial charge >= 0.3 is 0 Å². The first-order chi connectivity index (χ1) is 13.0. The lowest BCUT2D eigenvalue weighted by molar-refractivity contribution is 0.0226. The van der Waals surface area contributed by atoms with Crippen LogP contribution in [0.2, 0.25) is 0 Å². The van der Waals surface area contributed by atoms with Crippen LogP contribution in [0.1, 0.15) is 37.3 Å². The standard InChI is InChI=1S/C20H29FN4O2/c1-14-7-19(25-11-20(2,12-25)13-26)17(21)8-16(14)18(24-22)10-23-9-15-5-3-4-6-27-15/h7-8,10,15,26H,3-6,9,11-13,22H2,1-2H3/b23-10?,24-18+. The number of ether oxygens (including phenoxy) is 1. The highest BCUT2D eigenvalue weighted by atomic mass is 19.1. The van der Waals surface area contributed by atoms with Gasteiger partial charge in [-0.05, 0) is 43.9 Å². The summed E-state index contributed by atoms with van der Waals surface area (Å²) in [5, 5.41) is 13.2. The number of halogens is 1. The minimum Gasteiger partial charge on any atom is -0.396 e. The molecule has 1 atom stereocenters. The molecule has 0 radical (unpaired) electrons. The van der Waals surface area contributed by atoms with E-state index < -0.39 is 0 Å². The molecule has 1 unspecified atom stereocenters. The van der Waals surface area contributed by atoms with Gasteiger partial charge in [-0.2, -0.15) is 5.10 Å². The van der Waals surface area contributed by atoms with Gasteiger partial charge in [0.2, 0.25) is 0 Å². The molecular weight excluding hydrogens is 347 g/mol. The van der Waals surface area contributed by atoms with Gasteiger partial charge in [0.15, 0.2) is 0 Å². The Hall–Kier alpha value is -1.99. The molecular formula is C20H29FN4O2. The summed E-state index contributed by atoms with van der Waals surface area (Å²) in [6.45, 7) is 6.63. The van der Waals surface area contributed by atoms with Crippen molar-refractivity contribution in [2.45, 2.75) is 39.2 Å². The van der Waals surface area contributed by atoms with E-state index in [0.717, 1.165) is 31.4 Å². The largest absolute Gasteiger partial charge is 0.396 e. The molecule has 3 rings (SSSR count). The highest BCUT2D eigenvalue weighted by Gasteiger charge is 2.39. The van der Waals surface area contributed by atoms with E-state index in [1.807, 2.05) is 24.8 Å². The third-order valence-electron chi connectivity index (χ3n) is 5.37. The molecule has 0 spiro atoms. The third-order valence-corrected chi connectivity index (χ3v) is 5.37. The Kier molecular flexibility index (Phi) is 6.11. The van der Waals surface area contributed by atoms with Crippen molar-refractivity contribution in [2.75, 3.05) is 37.7 Å². The number of hydrazone groups is 1. The number of aliphatic hydroxyl groups is 1. The van der Waals surface area contributed by atoms with E-state index in [4.69, 9.17) is 10.6 Å². The molecule has 6 nitrogen and oxygen atoms in total. The van der Waals surface area contributed by atoms with Crippen LogP contribution in [-0.2, 0) is 4.74 Å². The predicted octanol–water partition coefficient (Wildman–Crippen LogP) is 2.26. The average Bonchev–Trinajstić information content (AvgIpc) is 2.65. The summed E-state index contributed by atoms with van der Waals surface area (Å²) >= 11 is 0. The van der Waals surface area contributed by atoms with Crippen LogP contribution in [0.4, 0.5) is 10.1 Å². The van der Waals surface area contributed by atoms with E-state index in [1.54, 1.807) is 6.21 Å². The first-order valence-corrected chi connectivity index (χ1v) is 9.51. The second kappa shape index (κ2) is 8.35. The van der Waals surface area contributed by atoms with Gasteiger partial charge in [0.1, 0.15) is 11.5 Å². The Balaban J connectivity index is 1.70. The molecule has 1 aromatic rings. The number of hydrogen-bond donors (Lipinski definition) is 2. The van der Waals surface area contributed by atoms with E-state index in [1.165, 1.54) is 6.07 Å². The van der Waals surface area contributed by atoms with Gasteiger partial charge in [-0.3, -0.25) is 4.99 Å². The molecule has 0 saturated carbocycles. The maximum atomic E-state index is 14.7. The maximum absolute atomic E-state index is 14.7. The van der Waals surface area contributed by atoms with Crippen molar-refractivity contribution in [3.63, 3.8) is 0 Å². The zero-order valence-electron chi connectivity index (χ0n) is 16.1. The second-order valence-corrected chi connectivity index (χ2v) is 7.94. The summed E-state index contributed by atoms with van der Waals surface area (Å²) in [6, 6.07) is 3.28. The molecule has 2 aliphatic heterocycles. The summed E-state index contributed by atoms with van der Waals surface area (Å²) in [5.74, 6) is 5.22. The molecule has 0 aliphatic carbocycles. The number of anilines is 1. The maximum Gasteiger partial charge on any atom is 0.147 e. The molecule has 3 N–H and O–H groups in total. The summed E-state index contributed by atoms with van der Waals surface area (Å²) in [7, 11) is 0. The van der Waals surface area contributed by atoms with E-state index in [2.05, 4.69) is 10.1 Å². The molecule has 0 aromatic heterocycles. The van der Waals surface area contributed by atoms with Crippen LogP contribution in [0.5, 0.6) is 0 Å². The van der Waals surface area contributed by atoms with E-state index in [9.17, 15) is 9.50 Å². The summed E-state index contributed by atoms with van der Waals surface area (Å²) in [4.78, 5) is 6.35. The van der Waals surface area contributed by atoms with Gasteiger partial charge in [0.25, 0.3) is 0 Å². The third kappa shape index (κ3) is 4.47. The van der Waals surface area contributed by atoms with Crippen LogP contribution >= 0.6 is 0 Å². The lowest BCUT2D eigenvalue weighted by atomic mass is 9.82. The Morgan fingerprint density at radius 3 is 2.85 bits per heavy atom. The number of aryl methyl sites for hydroxylation is 1. The summed E-state index contributed by atoms with van der Waals surface area (Å²) in [5.41, 5.74) is 2.37. The number of nitrogens with zero attached hydrogens (tertiary/aromatic N) is 3. The SMILES string of the molecule is Cc1cc(N2CC(C)(CO)C2)c(F)cc1/C(C=NCC1CCCCO1)=N/N. The molecule has 148 valence electrons. The molecule has 0 amide bonds. The van der Waals surface area contributed by atoms with Crippen molar-refractivity contribution in [3.8, 4) is 0 Å². The van der Waals surface area contributed by atoms with Crippen molar-refractivity contribution in [2.24, 2.45) is 21.4 Å². The van der Waals surface area contributed by atoms with Crippen molar-refractivity contribution in [1.82, 2.24) is 0 Å². The predicted molar refractivity (Wildman–Crippen MR) is 106 cm³/mol. The highest BCUT2D eigenvalue weighted by Crippen LogP contribution is 2.36. The van der Waals surface area contributed by atoms with E-state index in [0.29, 0.717) is 36.6 Å². The first kappa shape index (κ1) is 19.8. The van der Waals surface area contributed by atoms with Crippen LogP contribution in [0.3, 0.4) is 0 Å². The fraction of sp³-hybridized carbons (Fsp3) is 0.600. The highest BCUT2D eigenvalue weighted by molar-refractivity contribution is 6.38. The first-order valence-electron chi connectivity index (χ1n) is 9.51. The summed E-state index contributed by atoms with van der Waals surface area (Å²) in [6.07, 6.45) is 5.02. The van der Waals surface area contributed by atoms with Crippen LogP contribution in [0.15, 0.2) is 22.2 Å². The Morgan fingerprint density at radius 2 is 2.22 bits per heavy atom. The zero-order chi connectivity index (χ0) is 19.4. The van der Waals surface area contributed by atoms with Gasteiger partial charge in [-0.15, -0.1) is 0 Å². The fourth-order valence-electron chi connectivity index (χ4n) is 3.71. The normalized spacial score (nSPS) is 22.9. The van der Waals surface area contributed by atoms with Gasteiger partial charge in [-0.25, -0.2) is 4.39 Å². The van der Waals surface area contributed by atoms with Crippen LogP contribution in [0.25, 0.3) is 0 Å². The average molecular weight is 376 g/mol. The van der Waals surface area contributed by atoms with Gasteiger partial charge in [0.05, 0.1) is 24.9 Å². The van der Waals surface area contributed by atoms with Crippen LogP contribution in [-0.4, -0.2) is 56.0 Å². The number of aliphatic hydroxyl groups excluding tert-OH is 1. The van der Waals surface area contributed by atoms with Crippen LogP contribution < -0.4 is 10.7 Å². The molecule has 2 aliphatic rings. The molecule has 2 heterocycles. The minimum atomic E-state index is -0.319. The molecule has 0 bridgehead atoms. The lowest BCUT2D eigenvalue weighted by Crippen LogP contribution is -2.57. The van der Waals surface area contributed by atoms with Gasteiger partial charge < -0.3 is 20.6 Å². The number of nitrogens with two attached hydrogens (primary N) is 1. The zero-order valence-corrected chi connectivity index (χ0v) is 16.1. The number of hydrogen-bond acceptors (Lipinski definition) is 6. The fourth-order valence-corrected chi connectivity index (χ4v) is 3.71. The molecule has 2 saturated heterocycles. The minimum absolute atomic E-state index is 0.105. The van der Waals surface area contributed by atoms with Crippen molar-refractivity contribution in [3.05, 3.63) is 29.1 Å². The topological polar surface area (TPSA) is 83.4 Å². The van der Waals surface area contributed by atoms with E-state index in [-0.39, 0.29) is 23.9 Å². The van der Waals surface area contributed by atoms with Crippen molar-refractivity contribution < 1.29 is 14.2 Å². The molecule has 27 heavy (non-hydrogen) atoms. The number of rotatable bonds is 6. The molecule has 7 heteroatoms. The Morgan fingerprint density at radius 1 is 1.44 bits per heavy atom. The van der Waals surface area contributed by atoms with Crippen molar-refractivity contribution >= 4 is 17.6 Å². The molecule has 2 fully saturated rings. The summed E-state index contributed by atoms with van der Waals surface area (Å²) < 4.78 is 20.4. The Bertz CT molecular complexity index is 723. The molecule has 1 aromatic carbocycles. The Labute approximate surface area is 159 Å². The lowest BCUT2D eigenvalue weighted by Gasteiger charge is -2.48.